The quantitative estimate of drug-likeness (QED) is 0.685. The summed E-state index contributed by atoms with van der Waals surface area (Å²) in [5.74, 6) is -0.304. The Morgan fingerprint density at radius 1 is 1.17 bits per heavy atom. The highest BCUT2D eigenvalue weighted by atomic mass is 35.5. The van der Waals surface area contributed by atoms with E-state index in [2.05, 4.69) is 10.1 Å². The summed E-state index contributed by atoms with van der Waals surface area (Å²) in [6, 6.07) is 14.1. The molecule has 0 spiro atoms. The lowest BCUT2D eigenvalue weighted by Gasteiger charge is -2.15. The number of aromatic nitrogens is 3. The molecule has 116 valence electrons. The molecule has 1 fully saturated rings. The fraction of sp³-hybridized carbons (Fsp3) is 0.176. The maximum absolute atomic E-state index is 14.4. The minimum absolute atomic E-state index is 0.304. The molecule has 2 atom stereocenters. The highest BCUT2D eigenvalue weighted by Crippen LogP contribution is 2.59. The second-order valence-electron chi connectivity index (χ2n) is 5.48. The average Bonchev–Trinajstić information content (AvgIpc) is 3.01. The lowest BCUT2D eigenvalue weighted by molar-refractivity contribution is 0.257. The van der Waals surface area contributed by atoms with Gasteiger partial charge in [-0.25, -0.2) is 14.1 Å². The standard InChI is InChI=1S/C17H13ClFN3O/c18-14-7-3-1-5-12(14)16-17(23-16,9-22-11-20-10-21-22)13-6-2-4-8-15(13)19/h1-8,10-11,16H,9H2/t16-,17-/m1/s1. The molecule has 0 amide bonds. The molecule has 0 aliphatic carbocycles. The highest BCUT2D eigenvalue weighted by molar-refractivity contribution is 6.31. The van der Waals surface area contributed by atoms with Crippen LogP contribution in [0.25, 0.3) is 0 Å². The average molecular weight is 330 g/mol. The fourth-order valence-electron chi connectivity index (χ4n) is 2.95. The summed E-state index contributed by atoms with van der Waals surface area (Å²) in [6.45, 7) is 0.365. The van der Waals surface area contributed by atoms with E-state index >= 15 is 0 Å². The van der Waals surface area contributed by atoms with E-state index in [9.17, 15) is 4.39 Å². The van der Waals surface area contributed by atoms with Gasteiger partial charge in [-0.2, -0.15) is 5.10 Å². The summed E-state index contributed by atoms with van der Waals surface area (Å²) in [5.41, 5.74) is 0.516. The Hall–Kier alpha value is -2.24. The van der Waals surface area contributed by atoms with Gasteiger partial charge in [-0.05, 0) is 12.1 Å². The maximum atomic E-state index is 14.4. The van der Waals surface area contributed by atoms with Crippen LogP contribution in [-0.2, 0) is 16.9 Å². The Morgan fingerprint density at radius 3 is 2.70 bits per heavy atom. The van der Waals surface area contributed by atoms with Crippen molar-refractivity contribution < 1.29 is 9.13 Å². The number of epoxide rings is 1. The highest BCUT2D eigenvalue weighted by Gasteiger charge is 2.60. The third-order valence-electron chi connectivity index (χ3n) is 4.08. The first-order valence-corrected chi connectivity index (χ1v) is 7.58. The number of benzene rings is 2. The minimum Gasteiger partial charge on any atom is -0.354 e. The van der Waals surface area contributed by atoms with Crippen LogP contribution in [0, 0.1) is 5.82 Å². The van der Waals surface area contributed by atoms with Crippen LogP contribution in [0.2, 0.25) is 5.02 Å². The molecular formula is C17H13ClFN3O. The van der Waals surface area contributed by atoms with Crippen LogP contribution in [-0.4, -0.2) is 14.8 Å². The monoisotopic (exact) mass is 329 g/mol. The van der Waals surface area contributed by atoms with Gasteiger partial charge in [0.05, 0.1) is 6.54 Å². The summed E-state index contributed by atoms with van der Waals surface area (Å²) in [5, 5.41) is 4.72. The molecule has 23 heavy (non-hydrogen) atoms. The number of halogens is 2. The van der Waals surface area contributed by atoms with Crippen molar-refractivity contribution >= 4 is 11.6 Å². The number of hydrogen-bond donors (Lipinski definition) is 0. The van der Waals surface area contributed by atoms with Gasteiger partial charge in [-0.1, -0.05) is 48.0 Å². The Morgan fingerprint density at radius 2 is 1.96 bits per heavy atom. The number of ether oxygens (including phenoxy) is 1. The summed E-state index contributed by atoms with van der Waals surface area (Å²) in [7, 11) is 0. The van der Waals surface area contributed by atoms with Gasteiger partial charge >= 0.3 is 0 Å². The molecule has 1 saturated heterocycles. The SMILES string of the molecule is Fc1ccccc1[C@@]1(Cn2cncn2)O[C@@H]1c1ccccc1Cl. The summed E-state index contributed by atoms with van der Waals surface area (Å²) in [4.78, 5) is 3.94. The minimum atomic E-state index is -0.829. The van der Waals surface area contributed by atoms with E-state index < -0.39 is 5.60 Å². The van der Waals surface area contributed by atoms with Crippen molar-refractivity contribution in [2.45, 2.75) is 18.2 Å². The predicted octanol–water partition coefficient (Wildman–Crippen LogP) is 3.74. The zero-order valence-electron chi connectivity index (χ0n) is 12.1. The molecule has 3 aromatic rings. The van der Waals surface area contributed by atoms with E-state index in [1.54, 1.807) is 35.3 Å². The Balaban J connectivity index is 1.78. The van der Waals surface area contributed by atoms with Crippen molar-refractivity contribution in [3.8, 4) is 0 Å². The van der Waals surface area contributed by atoms with Crippen molar-refractivity contribution in [1.82, 2.24) is 14.8 Å². The molecule has 1 aliphatic heterocycles. The predicted molar refractivity (Wildman–Crippen MR) is 83.4 cm³/mol. The van der Waals surface area contributed by atoms with Crippen LogP contribution in [0.5, 0.6) is 0 Å². The first-order valence-electron chi connectivity index (χ1n) is 7.20. The Labute approximate surface area is 137 Å². The lowest BCUT2D eigenvalue weighted by atomic mass is 9.91. The summed E-state index contributed by atoms with van der Waals surface area (Å²) < 4.78 is 22.0. The second-order valence-corrected chi connectivity index (χ2v) is 5.89. The van der Waals surface area contributed by atoms with Gasteiger partial charge in [-0.3, -0.25) is 0 Å². The van der Waals surface area contributed by atoms with Crippen molar-refractivity contribution in [2.24, 2.45) is 0 Å². The van der Waals surface area contributed by atoms with Gasteiger partial charge in [-0.15, -0.1) is 0 Å². The largest absolute Gasteiger partial charge is 0.354 e. The summed E-state index contributed by atoms with van der Waals surface area (Å²) >= 11 is 6.29. The zero-order valence-corrected chi connectivity index (χ0v) is 12.8. The van der Waals surface area contributed by atoms with Crippen molar-refractivity contribution in [3.05, 3.63) is 83.2 Å². The molecule has 4 nitrogen and oxygen atoms in total. The fourth-order valence-corrected chi connectivity index (χ4v) is 3.18. The van der Waals surface area contributed by atoms with Crippen LogP contribution in [0.4, 0.5) is 4.39 Å². The van der Waals surface area contributed by atoms with E-state index in [1.165, 1.54) is 12.4 Å². The molecule has 6 heteroatoms. The molecule has 0 bridgehead atoms. The third kappa shape index (κ3) is 2.42. The van der Waals surface area contributed by atoms with Gasteiger partial charge in [0.15, 0.2) is 0 Å². The molecule has 2 heterocycles. The first kappa shape index (κ1) is 14.4. The van der Waals surface area contributed by atoms with Crippen molar-refractivity contribution in [2.75, 3.05) is 0 Å². The normalized spacial score (nSPS) is 23.0. The van der Waals surface area contributed by atoms with Gasteiger partial charge in [0.1, 0.15) is 30.2 Å². The summed E-state index contributed by atoms with van der Waals surface area (Å²) in [6.07, 6.45) is 2.72. The molecule has 0 radical (unpaired) electrons. The molecule has 0 saturated carbocycles. The molecule has 1 aromatic heterocycles. The van der Waals surface area contributed by atoms with Crippen LogP contribution >= 0.6 is 11.6 Å². The van der Waals surface area contributed by atoms with Gasteiger partial charge < -0.3 is 4.74 Å². The van der Waals surface area contributed by atoms with Crippen molar-refractivity contribution in [3.63, 3.8) is 0 Å². The van der Waals surface area contributed by atoms with Crippen molar-refractivity contribution in [1.29, 1.82) is 0 Å². The Kier molecular flexibility index (Phi) is 3.39. The molecule has 1 aliphatic rings. The molecule has 0 unspecified atom stereocenters. The van der Waals surface area contributed by atoms with Crippen LogP contribution in [0.1, 0.15) is 17.2 Å². The van der Waals surface area contributed by atoms with E-state index in [4.69, 9.17) is 16.3 Å². The lowest BCUT2D eigenvalue weighted by Crippen LogP contribution is -2.21. The molecule has 0 N–H and O–H groups in total. The number of hydrogen-bond acceptors (Lipinski definition) is 3. The molecular weight excluding hydrogens is 317 g/mol. The Bertz CT molecular complexity index is 839. The van der Waals surface area contributed by atoms with Gasteiger partial charge in [0, 0.05) is 16.1 Å². The van der Waals surface area contributed by atoms with Gasteiger partial charge in [0.25, 0.3) is 0 Å². The topological polar surface area (TPSA) is 43.2 Å². The zero-order chi connectivity index (χ0) is 15.9. The van der Waals surface area contributed by atoms with E-state index in [-0.39, 0.29) is 11.9 Å². The van der Waals surface area contributed by atoms with E-state index in [1.807, 2.05) is 18.2 Å². The molecule has 2 aromatic carbocycles. The number of rotatable bonds is 4. The maximum Gasteiger partial charge on any atom is 0.147 e. The second kappa shape index (κ2) is 5.44. The molecule has 4 rings (SSSR count). The van der Waals surface area contributed by atoms with E-state index in [0.717, 1.165) is 5.56 Å². The van der Waals surface area contributed by atoms with E-state index in [0.29, 0.717) is 17.1 Å². The number of nitrogens with zero attached hydrogens (tertiary/aromatic N) is 3. The smallest absolute Gasteiger partial charge is 0.147 e. The van der Waals surface area contributed by atoms with Crippen LogP contribution < -0.4 is 0 Å². The van der Waals surface area contributed by atoms with Crippen LogP contribution in [0.3, 0.4) is 0 Å². The van der Waals surface area contributed by atoms with Gasteiger partial charge in [0.2, 0.25) is 0 Å². The third-order valence-corrected chi connectivity index (χ3v) is 4.42. The first-order chi connectivity index (χ1) is 11.2. The van der Waals surface area contributed by atoms with Crippen LogP contribution in [0.15, 0.2) is 61.2 Å².